The number of carbonyl (C=O) groups is 1. The van der Waals surface area contributed by atoms with Crippen molar-refractivity contribution in [2.24, 2.45) is 0 Å². The molecule has 2 aromatic rings. The molecule has 1 unspecified atom stereocenters. The fourth-order valence-electron chi connectivity index (χ4n) is 3.29. The van der Waals surface area contributed by atoms with Crippen LogP contribution in [0.2, 0.25) is 0 Å². The molecule has 1 amide bonds. The van der Waals surface area contributed by atoms with Crippen molar-refractivity contribution in [2.45, 2.75) is 26.2 Å². The summed E-state index contributed by atoms with van der Waals surface area (Å²) in [5, 5.41) is 2.97. The predicted molar refractivity (Wildman–Crippen MR) is 115 cm³/mol. The van der Waals surface area contributed by atoms with Gasteiger partial charge in [0.25, 0.3) is 5.91 Å². The third-order valence-electron chi connectivity index (χ3n) is 5.26. The first-order valence-corrected chi connectivity index (χ1v) is 10.1. The van der Waals surface area contributed by atoms with E-state index in [2.05, 4.69) is 36.2 Å². The molecule has 1 atom stereocenters. The van der Waals surface area contributed by atoms with Crippen LogP contribution in [0.4, 0.5) is 11.4 Å². The van der Waals surface area contributed by atoms with Gasteiger partial charge in [-0.05, 0) is 42.2 Å². The second kappa shape index (κ2) is 10.2. The highest BCUT2D eigenvalue weighted by Gasteiger charge is 2.17. The highest BCUT2D eigenvalue weighted by Crippen LogP contribution is 2.31. The van der Waals surface area contributed by atoms with E-state index in [-0.39, 0.29) is 12.5 Å². The lowest BCUT2D eigenvalue weighted by Crippen LogP contribution is -2.37. The Morgan fingerprint density at radius 3 is 2.48 bits per heavy atom. The minimum Gasteiger partial charge on any atom is -0.497 e. The van der Waals surface area contributed by atoms with Crippen molar-refractivity contribution in [3.63, 3.8) is 0 Å². The lowest BCUT2D eigenvalue weighted by Gasteiger charge is -2.30. The average molecular weight is 399 g/mol. The summed E-state index contributed by atoms with van der Waals surface area (Å²) in [5.74, 6) is 1.68. The van der Waals surface area contributed by atoms with E-state index in [1.165, 1.54) is 5.56 Å². The van der Waals surface area contributed by atoms with Crippen molar-refractivity contribution in [2.75, 3.05) is 50.2 Å². The molecule has 0 aromatic heterocycles. The van der Waals surface area contributed by atoms with Crippen molar-refractivity contribution in [1.82, 2.24) is 0 Å². The van der Waals surface area contributed by atoms with Gasteiger partial charge in [0.1, 0.15) is 11.5 Å². The normalized spacial score (nSPS) is 14.9. The van der Waals surface area contributed by atoms with Crippen molar-refractivity contribution < 1.29 is 19.0 Å². The summed E-state index contributed by atoms with van der Waals surface area (Å²) >= 11 is 0. The number of methoxy groups -OCH3 is 1. The van der Waals surface area contributed by atoms with E-state index < -0.39 is 0 Å². The smallest absolute Gasteiger partial charge is 0.262 e. The minimum absolute atomic E-state index is 0.0531. The maximum absolute atomic E-state index is 12.5. The summed E-state index contributed by atoms with van der Waals surface area (Å²) in [6, 6.07) is 13.6. The lowest BCUT2D eigenvalue weighted by molar-refractivity contribution is -0.118. The van der Waals surface area contributed by atoms with Gasteiger partial charge in [-0.1, -0.05) is 26.0 Å². The Kier molecular flexibility index (Phi) is 7.36. The SMILES string of the molecule is CCC(C)c1ccc(OCC(=O)Nc2cc(OC)ccc2N2CCOCC2)cc1. The number of hydrogen-bond acceptors (Lipinski definition) is 5. The molecule has 3 rings (SSSR count). The first-order chi connectivity index (χ1) is 14.1. The van der Waals surface area contributed by atoms with Crippen LogP contribution in [0.5, 0.6) is 11.5 Å². The molecule has 156 valence electrons. The van der Waals surface area contributed by atoms with Crippen LogP contribution in [0.3, 0.4) is 0 Å². The standard InChI is InChI=1S/C23H30N2O4/c1-4-17(2)18-5-7-19(8-6-18)29-16-23(26)24-21-15-20(27-3)9-10-22(21)25-11-13-28-14-12-25/h5-10,15,17H,4,11-14,16H2,1-3H3,(H,24,26). The quantitative estimate of drug-likeness (QED) is 0.727. The summed E-state index contributed by atoms with van der Waals surface area (Å²) in [7, 11) is 1.61. The van der Waals surface area contributed by atoms with Crippen LogP contribution in [0.1, 0.15) is 31.7 Å². The van der Waals surface area contributed by atoms with Crippen molar-refractivity contribution in [3.05, 3.63) is 48.0 Å². The molecule has 6 heteroatoms. The Morgan fingerprint density at radius 1 is 1.14 bits per heavy atom. The maximum atomic E-state index is 12.5. The predicted octanol–water partition coefficient (Wildman–Crippen LogP) is 4.06. The molecule has 0 aliphatic carbocycles. The average Bonchev–Trinajstić information content (AvgIpc) is 2.78. The molecule has 29 heavy (non-hydrogen) atoms. The van der Waals surface area contributed by atoms with Gasteiger partial charge in [-0.2, -0.15) is 0 Å². The second-order valence-corrected chi connectivity index (χ2v) is 7.20. The van der Waals surface area contributed by atoms with E-state index in [1.54, 1.807) is 7.11 Å². The van der Waals surface area contributed by atoms with E-state index in [0.29, 0.717) is 36.3 Å². The molecule has 0 radical (unpaired) electrons. The minimum atomic E-state index is -0.209. The Balaban J connectivity index is 1.63. The van der Waals surface area contributed by atoms with Crippen molar-refractivity contribution in [3.8, 4) is 11.5 Å². The summed E-state index contributed by atoms with van der Waals surface area (Å²) in [6.07, 6.45) is 1.09. The molecule has 1 N–H and O–H groups in total. The molecule has 2 aromatic carbocycles. The zero-order valence-corrected chi connectivity index (χ0v) is 17.4. The van der Waals surface area contributed by atoms with Gasteiger partial charge < -0.3 is 24.4 Å². The van der Waals surface area contributed by atoms with Crippen LogP contribution in [-0.2, 0) is 9.53 Å². The monoisotopic (exact) mass is 398 g/mol. The van der Waals surface area contributed by atoms with E-state index in [1.807, 2.05) is 30.3 Å². The van der Waals surface area contributed by atoms with Crippen molar-refractivity contribution in [1.29, 1.82) is 0 Å². The van der Waals surface area contributed by atoms with E-state index >= 15 is 0 Å². The van der Waals surface area contributed by atoms with E-state index in [0.717, 1.165) is 25.2 Å². The zero-order chi connectivity index (χ0) is 20.6. The van der Waals surface area contributed by atoms with Gasteiger partial charge in [-0.15, -0.1) is 0 Å². The summed E-state index contributed by atoms with van der Waals surface area (Å²) in [6.45, 7) is 7.24. The van der Waals surface area contributed by atoms with Gasteiger partial charge in [0.05, 0.1) is 31.7 Å². The highest BCUT2D eigenvalue weighted by molar-refractivity contribution is 5.95. The number of amides is 1. The summed E-state index contributed by atoms with van der Waals surface area (Å²) in [4.78, 5) is 14.7. The van der Waals surface area contributed by atoms with Gasteiger partial charge >= 0.3 is 0 Å². The number of morpholine rings is 1. The lowest BCUT2D eigenvalue weighted by atomic mass is 9.99. The van der Waals surface area contributed by atoms with Crippen LogP contribution < -0.4 is 19.7 Å². The number of ether oxygens (including phenoxy) is 3. The van der Waals surface area contributed by atoms with Gasteiger partial charge in [-0.3, -0.25) is 4.79 Å². The number of anilines is 2. The number of nitrogens with one attached hydrogen (secondary N) is 1. The molecule has 0 bridgehead atoms. The first kappa shape index (κ1) is 21.0. The third-order valence-corrected chi connectivity index (χ3v) is 5.26. The first-order valence-electron chi connectivity index (χ1n) is 10.1. The van der Waals surface area contributed by atoms with Crippen LogP contribution in [-0.4, -0.2) is 45.9 Å². The van der Waals surface area contributed by atoms with Crippen LogP contribution >= 0.6 is 0 Å². The number of benzene rings is 2. The Bertz CT molecular complexity index is 801. The van der Waals surface area contributed by atoms with Gasteiger partial charge in [0, 0.05) is 19.2 Å². The number of rotatable bonds is 8. The Morgan fingerprint density at radius 2 is 1.83 bits per heavy atom. The molecule has 1 heterocycles. The van der Waals surface area contributed by atoms with Crippen molar-refractivity contribution >= 4 is 17.3 Å². The van der Waals surface area contributed by atoms with Gasteiger partial charge in [0.15, 0.2) is 6.61 Å². The molecular formula is C23H30N2O4. The number of carbonyl (C=O) groups excluding carboxylic acids is 1. The topological polar surface area (TPSA) is 60.0 Å². The molecular weight excluding hydrogens is 368 g/mol. The summed E-state index contributed by atoms with van der Waals surface area (Å²) < 4.78 is 16.4. The zero-order valence-electron chi connectivity index (χ0n) is 17.4. The molecule has 1 saturated heterocycles. The molecule has 1 aliphatic heterocycles. The molecule has 1 aliphatic rings. The molecule has 0 spiro atoms. The van der Waals surface area contributed by atoms with E-state index in [4.69, 9.17) is 14.2 Å². The maximum Gasteiger partial charge on any atom is 0.262 e. The number of hydrogen-bond donors (Lipinski definition) is 1. The molecule has 1 fully saturated rings. The van der Waals surface area contributed by atoms with Gasteiger partial charge in [0.2, 0.25) is 0 Å². The van der Waals surface area contributed by atoms with Crippen LogP contribution in [0, 0.1) is 0 Å². The van der Waals surface area contributed by atoms with Gasteiger partial charge in [-0.25, -0.2) is 0 Å². The van der Waals surface area contributed by atoms with E-state index in [9.17, 15) is 4.79 Å². The molecule has 0 saturated carbocycles. The Labute approximate surface area is 172 Å². The number of nitrogens with zero attached hydrogens (tertiary/aromatic N) is 1. The Hall–Kier alpha value is -2.73. The largest absolute Gasteiger partial charge is 0.497 e. The molecule has 6 nitrogen and oxygen atoms in total. The fourth-order valence-corrected chi connectivity index (χ4v) is 3.29. The van der Waals surface area contributed by atoms with Crippen LogP contribution in [0.15, 0.2) is 42.5 Å². The summed E-state index contributed by atoms with van der Waals surface area (Å²) in [5.41, 5.74) is 2.95. The highest BCUT2D eigenvalue weighted by atomic mass is 16.5. The fraction of sp³-hybridized carbons (Fsp3) is 0.435. The second-order valence-electron chi connectivity index (χ2n) is 7.20. The third kappa shape index (κ3) is 5.64. The van der Waals surface area contributed by atoms with Crippen LogP contribution in [0.25, 0.3) is 0 Å².